The van der Waals surface area contributed by atoms with E-state index in [4.69, 9.17) is 4.74 Å². The first-order valence-corrected chi connectivity index (χ1v) is 7.95. The first-order chi connectivity index (χ1) is 11.7. The Morgan fingerprint density at radius 3 is 1.88 bits per heavy atom. The van der Waals surface area contributed by atoms with Crippen LogP contribution in [-0.2, 0) is 22.6 Å². The SMILES string of the molecule is CCOC(=O)CNC(=O)N(Cc1ccccc1)Cc1ccccc1. The molecule has 0 fully saturated rings. The molecule has 0 aliphatic heterocycles. The summed E-state index contributed by atoms with van der Waals surface area (Å²) in [6.07, 6.45) is 0. The number of amides is 2. The normalized spacial score (nSPS) is 10.0. The largest absolute Gasteiger partial charge is 0.465 e. The number of carbonyl (C=O) groups excluding carboxylic acids is 2. The van der Waals surface area contributed by atoms with Gasteiger partial charge in [0.1, 0.15) is 6.54 Å². The molecule has 0 aromatic heterocycles. The molecular formula is C19H22N2O3. The van der Waals surface area contributed by atoms with Gasteiger partial charge in [-0.2, -0.15) is 0 Å². The van der Waals surface area contributed by atoms with E-state index in [0.29, 0.717) is 19.7 Å². The average molecular weight is 326 g/mol. The van der Waals surface area contributed by atoms with Gasteiger partial charge < -0.3 is 15.0 Å². The van der Waals surface area contributed by atoms with E-state index >= 15 is 0 Å². The highest BCUT2D eigenvalue weighted by atomic mass is 16.5. The van der Waals surface area contributed by atoms with E-state index in [9.17, 15) is 9.59 Å². The maximum Gasteiger partial charge on any atom is 0.325 e. The number of esters is 1. The lowest BCUT2D eigenvalue weighted by Crippen LogP contribution is -2.41. The molecule has 5 nitrogen and oxygen atoms in total. The highest BCUT2D eigenvalue weighted by Gasteiger charge is 2.15. The third-order valence-electron chi connectivity index (χ3n) is 3.41. The molecule has 2 rings (SSSR count). The van der Waals surface area contributed by atoms with E-state index < -0.39 is 5.97 Å². The summed E-state index contributed by atoms with van der Waals surface area (Å²) in [5.41, 5.74) is 2.06. The fourth-order valence-electron chi connectivity index (χ4n) is 2.28. The molecule has 0 saturated heterocycles. The number of rotatable bonds is 7. The van der Waals surface area contributed by atoms with Gasteiger partial charge in [0.15, 0.2) is 0 Å². The number of urea groups is 1. The highest BCUT2D eigenvalue weighted by Crippen LogP contribution is 2.10. The Morgan fingerprint density at radius 2 is 1.42 bits per heavy atom. The number of carbonyl (C=O) groups is 2. The second-order valence-corrected chi connectivity index (χ2v) is 5.29. The van der Waals surface area contributed by atoms with Crippen LogP contribution >= 0.6 is 0 Å². The van der Waals surface area contributed by atoms with E-state index in [0.717, 1.165) is 11.1 Å². The molecule has 0 atom stereocenters. The highest BCUT2D eigenvalue weighted by molar-refractivity contribution is 5.80. The van der Waals surface area contributed by atoms with Crippen molar-refractivity contribution in [2.75, 3.05) is 13.2 Å². The molecule has 2 amide bonds. The zero-order chi connectivity index (χ0) is 17.2. The Bertz CT molecular complexity index is 603. The van der Waals surface area contributed by atoms with E-state index in [1.54, 1.807) is 11.8 Å². The molecule has 0 radical (unpaired) electrons. The van der Waals surface area contributed by atoms with Crippen LogP contribution < -0.4 is 5.32 Å². The molecule has 126 valence electrons. The maximum atomic E-state index is 12.5. The summed E-state index contributed by atoms with van der Waals surface area (Å²) >= 11 is 0. The Hall–Kier alpha value is -2.82. The predicted octanol–water partition coefficient (Wildman–Crippen LogP) is 2.96. The summed E-state index contributed by atoms with van der Waals surface area (Å²) < 4.78 is 4.84. The number of hydrogen-bond donors (Lipinski definition) is 1. The van der Waals surface area contributed by atoms with Crippen LogP contribution in [0.4, 0.5) is 4.79 Å². The lowest BCUT2D eigenvalue weighted by molar-refractivity contribution is -0.141. The molecule has 0 aliphatic rings. The van der Waals surface area contributed by atoms with Gasteiger partial charge in [-0.3, -0.25) is 4.79 Å². The molecule has 0 heterocycles. The summed E-state index contributed by atoms with van der Waals surface area (Å²) in [6.45, 7) is 2.82. The topological polar surface area (TPSA) is 58.6 Å². The van der Waals surface area contributed by atoms with E-state index in [1.807, 2.05) is 60.7 Å². The quantitative estimate of drug-likeness (QED) is 0.796. The molecule has 0 spiro atoms. The van der Waals surface area contributed by atoms with Crippen molar-refractivity contribution in [1.82, 2.24) is 10.2 Å². The molecule has 2 aromatic rings. The Kier molecular flexibility index (Phi) is 6.83. The van der Waals surface area contributed by atoms with E-state index in [-0.39, 0.29) is 12.6 Å². The lowest BCUT2D eigenvalue weighted by atomic mass is 10.2. The summed E-state index contributed by atoms with van der Waals surface area (Å²) in [7, 11) is 0. The van der Waals surface area contributed by atoms with Gasteiger partial charge in [0.2, 0.25) is 0 Å². The second kappa shape index (κ2) is 9.35. The van der Waals surface area contributed by atoms with E-state index in [2.05, 4.69) is 5.32 Å². The van der Waals surface area contributed by atoms with Gasteiger partial charge in [-0.15, -0.1) is 0 Å². The summed E-state index contributed by atoms with van der Waals surface area (Å²) in [4.78, 5) is 25.6. The molecule has 0 bridgehead atoms. The van der Waals surface area contributed by atoms with Crippen molar-refractivity contribution in [3.8, 4) is 0 Å². The standard InChI is InChI=1S/C19H22N2O3/c1-2-24-18(22)13-20-19(23)21(14-16-9-5-3-6-10-16)15-17-11-7-4-8-12-17/h3-12H,2,13-15H2,1H3,(H,20,23). The van der Waals surface area contributed by atoms with Crippen LogP contribution in [0.1, 0.15) is 18.1 Å². The molecule has 0 aliphatic carbocycles. The van der Waals surface area contributed by atoms with Crippen LogP contribution in [0.3, 0.4) is 0 Å². The van der Waals surface area contributed by atoms with Crippen LogP contribution in [-0.4, -0.2) is 30.1 Å². The van der Waals surface area contributed by atoms with Crippen molar-refractivity contribution in [2.45, 2.75) is 20.0 Å². The van der Waals surface area contributed by atoms with Crippen molar-refractivity contribution in [3.63, 3.8) is 0 Å². The monoisotopic (exact) mass is 326 g/mol. The van der Waals surface area contributed by atoms with Gasteiger partial charge in [-0.05, 0) is 18.1 Å². The number of benzene rings is 2. The third-order valence-corrected chi connectivity index (χ3v) is 3.41. The number of nitrogens with one attached hydrogen (secondary N) is 1. The van der Waals surface area contributed by atoms with Crippen LogP contribution in [0, 0.1) is 0 Å². The van der Waals surface area contributed by atoms with Crippen molar-refractivity contribution < 1.29 is 14.3 Å². The predicted molar refractivity (Wildman–Crippen MR) is 92.2 cm³/mol. The van der Waals surface area contributed by atoms with Gasteiger partial charge in [0.05, 0.1) is 6.61 Å². The number of nitrogens with zero attached hydrogens (tertiary/aromatic N) is 1. The molecule has 5 heteroatoms. The van der Waals surface area contributed by atoms with Crippen molar-refractivity contribution in [2.24, 2.45) is 0 Å². The Labute approximate surface area is 142 Å². The maximum absolute atomic E-state index is 12.5. The van der Waals surface area contributed by atoms with Gasteiger partial charge in [0, 0.05) is 13.1 Å². The molecule has 24 heavy (non-hydrogen) atoms. The van der Waals surface area contributed by atoms with Crippen LogP contribution in [0.2, 0.25) is 0 Å². The summed E-state index contributed by atoms with van der Waals surface area (Å²) in [5.74, 6) is -0.440. The Morgan fingerprint density at radius 1 is 0.917 bits per heavy atom. The minimum atomic E-state index is -0.440. The van der Waals surface area contributed by atoms with Crippen molar-refractivity contribution in [1.29, 1.82) is 0 Å². The summed E-state index contributed by atoms with van der Waals surface area (Å²) in [5, 5.41) is 2.62. The minimum Gasteiger partial charge on any atom is -0.465 e. The first-order valence-electron chi connectivity index (χ1n) is 7.95. The van der Waals surface area contributed by atoms with E-state index in [1.165, 1.54) is 0 Å². The van der Waals surface area contributed by atoms with Crippen molar-refractivity contribution >= 4 is 12.0 Å². The third kappa shape index (κ3) is 5.76. The molecular weight excluding hydrogens is 304 g/mol. The van der Waals surface area contributed by atoms with Gasteiger partial charge in [0.25, 0.3) is 0 Å². The zero-order valence-electron chi connectivity index (χ0n) is 13.8. The molecule has 2 aromatic carbocycles. The fraction of sp³-hybridized carbons (Fsp3) is 0.263. The van der Waals surface area contributed by atoms with Gasteiger partial charge >= 0.3 is 12.0 Å². The van der Waals surface area contributed by atoms with Crippen LogP contribution in [0.25, 0.3) is 0 Å². The molecule has 1 N–H and O–H groups in total. The molecule has 0 saturated carbocycles. The smallest absolute Gasteiger partial charge is 0.325 e. The average Bonchev–Trinajstić information content (AvgIpc) is 2.61. The molecule has 0 unspecified atom stereocenters. The van der Waals surface area contributed by atoms with Gasteiger partial charge in [-0.25, -0.2) is 4.79 Å². The lowest BCUT2D eigenvalue weighted by Gasteiger charge is -2.23. The number of hydrogen-bond acceptors (Lipinski definition) is 3. The van der Waals surface area contributed by atoms with Crippen LogP contribution in [0.5, 0.6) is 0 Å². The number of ether oxygens (including phenoxy) is 1. The first kappa shape index (κ1) is 17.5. The van der Waals surface area contributed by atoms with Crippen LogP contribution in [0.15, 0.2) is 60.7 Å². The van der Waals surface area contributed by atoms with Crippen molar-refractivity contribution in [3.05, 3.63) is 71.8 Å². The summed E-state index contributed by atoms with van der Waals surface area (Å²) in [6, 6.07) is 19.2. The fourth-order valence-corrected chi connectivity index (χ4v) is 2.28. The second-order valence-electron chi connectivity index (χ2n) is 5.29. The van der Waals surface area contributed by atoms with Gasteiger partial charge in [-0.1, -0.05) is 60.7 Å². The minimum absolute atomic E-state index is 0.132. The Balaban J connectivity index is 2.03. The zero-order valence-corrected chi connectivity index (χ0v) is 13.8.